The van der Waals surface area contributed by atoms with Crippen molar-refractivity contribution in [1.82, 2.24) is 0 Å². The van der Waals surface area contributed by atoms with Crippen LogP contribution < -0.4 is 4.74 Å². The molecule has 0 N–H and O–H groups in total. The number of ether oxygens (including phenoxy) is 1. The van der Waals surface area contributed by atoms with Crippen molar-refractivity contribution in [2.24, 2.45) is 0 Å². The van der Waals surface area contributed by atoms with Crippen molar-refractivity contribution in [3.05, 3.63) is 51.2 Å². The number of fused-ring (bicyclic) bond motifs is 1. The molecule has 2 unspecified atom stereocenters. The van der Waals surface area contributed by atoms with Crippen molar-refractivity contribution in [2.45, 2.75) is 10.7 Å². The van der Waals surface area contributed by atoms with Crippen LogP contribution in [-0.4, -0.2) is 6.61 Å². The van der Waals surface area contributed by atoms with E-state index < -0.39 is 0 Å². The Bertz CT molecular complexity index is 540. The van der Waals surface area contributed by atoms with Gasteiger partial charge in [0.05, 0.1) is 16.5 Å². The maximum atomic E-state index is 6.18. The van der Waals surface area contributed by atoms with Crippen molar-refractivity contribution in [1.29, 1.82) is 0 Å². The minimum atomic E-state index is 0.221. The van der Waals surface area contributed by atoms with Crippen LogP contribution in [0.1, 0.15) is 21.2 Å². The average Bonchev–Trinajstić information content (AvgIpc) is 2.94. The van der Waals surface area contributed by atoms with Gasteiger partial charge in [0, 0.05) is 16.4 Å². The van der Waals surface area contributed by atoms with Crippen LogP contribution in [0.25, 0.3) is 0 Å². The Hall–Kier alpha value is -0.510. The van der Waals surface area contributed by atoms with Crippen LogP contribution in [-0.2, 0) is 0 Å². The first-order valence-corrected chi connectivity index (χ1v) is 7.53. The van der Waals surface area contributed by atoms with Crippen LogP contribution >= 0.6 is 38.9 Å². The highest BCUT2D eigenvalue weighted by Gasteiger charge is 2.32. The number of hydrogen-bond acceptors (Lipinski definition) is 2. The predicted octanol–water partition coefficient (Wildman–Crippen LogP) is 5.01. The minimum Gasteiger partial charge on any atom is -0.493 e. The summed E-state index contributed by atoms with van der Waals surface area (Å²) in [4.78, 5) is 1.40. The predicted molar refractivity (Wildman–Crippen MR) is 75.7 cm³/mol. The van der Waals surface area contributed by atoms with Gasteiger partial charge < -0.3 is 4.74 Å². The maximum absolute atomic E-state index is 6.18. The fourth-order valence-corrected chi connectivity index (χ4v) is 4.47. The number of thiophene rings is 1. The summed E-state index contributed by atoms with van der Waals surface area (Å²) in [6.45, 7) is 0.712. The Kier molecular flexibility index (Phi) is 3.16. The minimum absolute atomic E-state index is 0.221. The second kappa shape index (κ2) is 4.63. The van der Waals surface area contributed by atoms with Gasteiger partial charge in [-0.15, -0.1) is 11.3 Å². The summed E-state index contributed by atoms with van der Waals surface area (Å²) in [5.41, 5.74) is 1.26. The third-order valence-electron chi connectivity index (χ3n) is 2.99. The molecule has 1 aliphatic heterocycles. The fourth-order valence-electron chi connectivity index (χ4n) is 2.11. The SMILES string of the molecule is Clc1ccsc1C(Br)C1COc2ccccc21. The third-order valence-corrected chi connectivity index (χ3v) is 5.83. The molecule has 2 heterocycles. The first-order valence-electron chi connectivity index (χ1n) is 5.36. The van der Waals surface area contributed by atoms with Crippen molar-refractivity contribution in [2.75, 3.05) is 6.61 Å². The van der Waals surface area contributed by atoms with Gasteiger partial charge in [0.1, 0.15) is 5.75 Å². The molecule has 88 valence electrons. The molecule has 17 heavy (non-hydrogen) atoms. The Morgan fingerprint density at radius 1 is 1.35 bits per heavy atom. The van der Waals surface area contributed by atoms with E-state index in [9.17, 15) is 0 Å². The summed E-state index contributed by atoms with van der Waals surface area (Å²) in [7, 11) is 0. The van der Waals surface area contributed by atoms with Crippen molar-refractivity contribution in [3.63, 3.8) is 0 Å². The smallest absolute Gasteiger partial charge is 0.122 e. The molecule has 0 radical (unpaired) electrons. The van der Waals surface area contributed by atoms with Gasteiger partial charge >= 0.3 is 0 Å². The lowest BCUT2D eigenvalue weighted by Gasteiger charge is -2.15. The van der Waals surface area contributed by atoms with E-state index in [2.05, 4.69) is 28.1 Å². The van der Waals surface area contributed by atoms with E-state index in [-0.39, 0.29) is 4.83 Å². The molecule has 4 heteroatoms. The Morgan fingerprint density at radius 3 is 2.94 bits per heavy atom. The highest BCUT2D eigenvalue weighted by Crippen LogP contribution is 2.48. The van der Waals surface area contributed by atoms with E-state index in [0.717, 1.165) is 10.8 Å². The Labute approximate surface area is 118 Å². The number of halogens is 2. The van der Waals surface area contributed by atoms with Gasteiger partial charge in [-0.05, 0) is 17.5 Å². The molecule has 0 bridgehead atoms. The first kappa shape index (κ1) is 11.6. The highest BCUT2D eigenvalue weighted by atomic mass is 79.9. The van der Waals surface area contributed by atoms with E-state index in [0.29, 0.717) is 12.5 Å². The largest absolute Gasteiger partial charge is 0.493 e. The molecule has 2 atom stereocenters. The van der Waals surface area contributed by atoms with Crippen LogP contribution in [0.4, 0.5) is 0 Å². The van der Waals surface area contributed by atoms with Crippen molar-refractivity contribution < 1.29 is 4.74 Å². The molecular weight excluding hydrogens is 320 g/mol. The molecule has 0 aliphatic carbocycles. The molecule has 0 amide bonds. The van der Waals surface area contributed by atoms with E-state index in [4.69, 9.17) is 16.3 Å². The molecule has 3 rings (SSSR count). The van der Waals surface area contributed by atoms with Crippen molar-refractivity contribution >= 4 is 38.9 Å². The lowest BCUT2D eigenvalue weighted by atomic mass is 9.97. The third kappa shape index (κ3) is 2.01. The topological polar surface area (TPSA) is 9.23 Å². The maximum Gasteiger partial charge on any atom is 0.122 e. The molecule has 0 saturated heterocycles. The first-order chi connectivity index (χ1) is 8.27. The Morgan fingerprint density at radius 2 is 2.18 bits per heavy atom. The van der Waals surface area contributed by atoms with Crippen LogP contribution in [0.5, 0.6) is 5.75 Å². The Balaban J connectivity index is 1.95. The second-order valence-corrected chi connectivity index (χ2v) is 6.33. The molecule has 1 aromatic heterocycles. The molecule has 0 spiro atoms. The number of benzene rings is 1. The number of para-hydroxylation sites is 1. The molecule has 1 aliphatic rings. The fraction of sp³-hybridized carbons (Fsp3) is 0.231. The molecule has 0 fully saturated rings. The van der Waals surface area contributed by atoms with Gasteiger partial charge in [0.2, 0.25) is 0 Å². The monoisotopic (exact) mass is 328 g/mol. The van der Waals surface area contributed by atoms with Crippen LogP contribution in [0, 0.1) is 0 Å². The summed E-state index contributed by atoms with van der Waals surface area (Å²) >= 11 is 11.6. The van der Waals surface area contributed by atoms with Gasteiger partial charge in [-0.25, -0.2) is 0 Å². The standard InChI is InChI=1S/C13H10BrClOS/c14-12(13-10(15)5-6-17-13)9-7-16-11-4-2-1-3-8(9)11/h1-6,9,12H,7H2. The lowest BCUT2D eigenvalue weighted by molar-refractivity contribution is 0.330. The summed E-state index contributed by atoms with van der Waals surface area (Å²) in [5.74, 6) is 1.33. The van der Waals surface area contributed by atoms with Crippen LogP contribution in [0.2, 0.25) is 5.02 Å². The van der Waals surface area contributed by atoms with Gasteiger partial charge in [0.25, 0.3) is 0 Å². The van der Waals surface area contributed by atoms with Gasteiger partial charge in [0.15, 0.2) is 0 Å². The van der Waals surface area contributed by atoms with E-state index in [1.807, 2.05) is 23.6 Å². The van der Waals surface area contributed by atoms with E-state index in [1.54, 1.807) is 11.3 Å². The van der Waals surface area contributed by atoms with E-state index >= 15 is 0 Å². The number of hydrogen-bond donors (Lipinski definition) is 0. The summed E-state index contributed by atoms with van der Waals surface area (Å²) in [6.07, 6.45) is 0. The summed E-state index contributed by atoms with van der Waals surface area (Å²) < 4.78 is 5.70. The molecule has 0 saturated carbocycles. The molecule has 1 nitrogen and oxygen atoms in total. The van der Waals surface area contributed by atoms with Gasteiger partial charge in [-0.1, -0.05) is 45.7 Å². The zero-order valence-electron chi connectivity index (χ0n) is 8.90. The van der Waals surface area contributed by atoms with Crippen LogP contribution in [0.15, 0.2) is 35.7 Å². The summed E-state index contributed by atoms with van der Waals surface area (Å²) in [6, 6.07) is 10.1. The lowest BCUT2D eigenvalue weighted by Crippen LogP contribution is -2.06. The molecule has 1 aromatic carbocycles. The van der Waals surface area contributed by atoms with E-state index in [1.165, 1.54) is 10.4 Å². The highest BCUT2D eigenvalue weighted by molar-refractivity contribution is 9.09. The van der Waals surface area contributed by atoms with Gasteiger partial charge in [-0.3, -0.25) is 0 Å². The second-order valence-electron chi connectivity index (χ2n) is 3.99. The summed E-state index contributed by atoms with van der Waals surface area (Å²) in [5, 5.41) is 2.86. The number of rotatable bonds is 2. The average molecular weight is 330 g/mol. The quantitative estimate of drug-likeness (QED) is 0.703. The zero-order valence-corrected chi connectivity index (χ0v) is 12.1. The number of alkyl halides is 1. The molecule has 2 aromatic rings. The van der Waals surface area contributed by atoms with Gasteiger partial charge in [-0.2, -0.15) is 0 Å². The van der Waals surface area contributed by atoms with Crippen LogP contribution in [0.3, 0.4) is 0 Å². The zero-order chi connectivity index (χ0) is 11.8. The normalized spacial score (nSPS) is 19.8. The molecular formula is C13H10BrClOS. The van der Waals surface area contributed by atoms with Crippen molar-refractivity contribution in [3.8, 4) is 5.75 Å².